The van der Waals surface area contributed by atoms with E-state index >= 15 is 0 Å². The number of aliphatic hydroxyl groups excluding tert-OH is 2. The molecule has 0 saturated carbocycles. The first-order valence-corrected chi connectivity index (χ1v) is 18.7. The van der Waals surface area contributed by atoms with E-state index in [1.807, 2.05) is 4.90 Å². The molecule has 48 heavy (non-hydrogen) atoms. The van der Waals surface area contributed by atoms with Crippen molar-refractivity contribution in [3.05, 3.63) is 35.0 Å². The number of carbonyl (C=O) groups is 1. The van der Waals surface area contributed by atoms with Gasteiger partial charge in [-0.3, -0.25) is 14.4 Å². The lowest BCUT2D eigenvalue weighted by Crippen LogP contribution is -2.46. The first kappa shape index (κ1) is 36.9. The number of halogens is 5. The minimum atomic E-state index is -4.65. The number of nitrogens with zero attached hydrogens (tertiary/aromatic N) is 5. The minimum Gasteiger partial charge on any atom is -0.390 e. The summed E-state index contributed by atoms with van der Waals surface area (Å²) in [6.45, 7) is 1.18. The van der Waals surface area contributed by atoms with E-state index in [2.05, 4.69) is 4.72 Å². The van der Waals surface area contributed by atoms with Gasteiger partial charge in [0.15, 0.2) is 0 Å². The molecule has 3 aliphatic heterocycles. The van der Waals surface area contributed by atoms with E-state index < -0.39 is 52.8 Å². The molecule has 1 atom stereocenters. The number of hydrogen-bond acceptors (Lipinski definition) is 9. The van der Waals surface area contributed by atoms with E-state index in [1.165, 1.54) is 21.9 Å². The summed E-state index contributed by atoms with van der Waals surface area (Å²) in [4.78, 5) is 17.3. The number of β-amino-alcohol motifs (C(OH)–C–C–N with tert-alkyl or cyclic N) is 1. The Labute approximate surface area is 280 Å². The smallest absolute Gasteiger partial charge is 0.390 e. The topological polar surface area (TPSA) is 131 Å². The molecule has 1 unspecified atom stereocenters. The van der Waals surface area contributed by atoms with Crippen molar-refractivity contribution in [1.29, 1.82) is 0 Å². The Morgan fingerprint density at radius 2 is 1.88 bits per heavy atom. The van der Waals surface area contributed by atoms with Gasteiger partial charge < -0.3 is 20.0 Å². The maximum absolute atomic E-state index is 14.0. The number of thioether (sulfide) groups is 1. The van der Waals surface area contributed by atoms with Crippen LogP contribution in [0.3, 0.4) is 0 Å². The Morgan fingerprint density at radius 3 is 2.50 bits per heavy atom. The molecular weight excluding hydrogens is 683 g/mol. The maximum atomic E-state index is 14.0. The lowest BCUT2D eigenvalue weighted by atomic mass is 9.99. The predicted octanol–water partition coefficient (Wildman–Crippen LogP) is 2.25. The number of nitrogens with one attached hydrogen (secondary N) is 1. The number of aromatic nitrogens is 2. The van der Waals surface area contributed by atoms with Gasteiger partial charge in [0.1, 0.15) is 6.61 Å². The monoisotopic (exact) mass is 724 g/mol. The third-order valence-corrected chi connectivity index (χ3v) is 10.7. The van der Waals surface area contributed by atoms with Crippen LogP contribution in [0, 0.1) is 0 Å². The molecular formula is C30H41F5N6O5S2. The molecule has 1 aromatic heterocycles. The molecule has 5 rings (SSSR count). The molecule has 1 amide bonds. The van der Waals surface area contributed by atoms with Crippen molar-refractivity contribution >= 4 is 27.7 Å². The molecule has 3 aliphatic rings. The van der Waals surface area contributed by atoms with Crippen molar-refractivity contribution in [3.8, 4) is 11.3 Å². The van der Waals surface area contributed by atoms with Crippen LogP contribution in [0.5, 0.6) is 0 Å². The van der Waals surface area contributed by atoms with Crippen molar-refractivity contribution in [2.75, 3.05) is 64.4 Å². The van der Waals surface area contributed by atoms with Gasteiger partial charge in [-0.15, -0.1) is 11.8 Å². The zero-order chi connectivity index (χ0) is 34.9. The fourth-order valence-electron chi connectivity index (χ4n) is 6.58. The number of benzene rings is 1. The molecule has 4 heterocycles. The molecule has 3 N–H and O–H groups in total. The van der Waals surface area contributed by atoms with Crippen LogP contribution >= 0.6 is 11.8 Å². The Bertz CT molecular complexity index is 1570. The number of amides is 1. The van der Waals surface area contributed by atoms with Gasteiger partial charge in [-0.05, 0) is 38.1 Å². The quantitative estimate of drug-likeness (QED) is 0.223. The molecule has 1 aromatic carbocycles. The zero-order valence-corrected chi connectivity index (χ0v) is 28.2. The zero-order valence-electron chi connectivity index (χ0n) is 26.6. The van der Waals surface area contributed by atoms with Crippen molar-refractivity contribution in [2.24, 2.45) is 0 Å². The molecule has 0 radical (unpaired) electrons. The fourth-order valence-corrected chi connectivity index (χ4v) is 8.54. The molecule has 2 fully saturated rings. The van der Waals surface area contributed by atoms with Gasteiger partial charge in [0, 0.05) is 79.1 Å². The van der Waals surface area contributed by atoms with Crippen LogP contribution < -0.4 is 4.72 Å². The van der Waals surface area contributed by atoms with E-state index in [1.54, 1.807) is 4.68 Å². The van der Waals surface area contributed by atoms with Gasteiger partial charge in [-0.2, -0.15) is 18.3 Å². The Hall–Kier alpha value is -2.35. The van der Waals surface area contributed by atoms with Crippen LogP contribution in [-0.4, -0.2) is 132 Å². The highest BCUT2D eigenvalue weighted by Gasteiger charge is 2.38. The lowest BCUT2D eigenvalue weighted by Gasteiger charge is -2.33. The summed E-state index contributed by atoms with van der Waals surface area (Å²) < 4.78 is 96.7. The second-order valence-electron chi connectivity index (χ2n) is 12.7. The molecule has 2 aromatic rings. The minimum absolute atomic E-state index is 0.0674. The van der Waals surface area contributed by atoms with Gasteiger partial charge >= 0.3 is 6.18 Å². The molecule has 0 aliphatic carbocycles. The summed E-state index contributed by atoms with van der Waals surface area (Å²) >= 11 is 0.934. The highest BCUT2D eigenvalue weighted by Crippen LogP contribution is 2.40. The first-order chi connectivity index (χ1) is 22.5. The summed E-state index contributed by atoms with van der Waals surface area (Å²) in [5.41, 5.74) is 1.22. The Morgan fingerprint density at radius 1 is 1.15 bits per heavy atom. The molecule has 0 bridgehead atoms. The Kier molecular flexibility index (Phi) is 11.4. The van der Waals surface area contributed by atoms with Crippen LogP contribution in [-0.2, 0) is 40.5 Å². The summed E-state index contributed by atoms with van der Waals surface area (Å²) in [6.07, 6.45) is -3.14. The number of carbonyl (C=O) groups excluding carboxylic acids is 1. The summed E-state index contributed by atoms with van der Waals surface area (Å²) in [5, 5.41) is 25.3. The second-order valence-corrected chi connectivity index (χ2v) is 15.7. The van der Waals surface area contributed by atoms with Crippen molar-refractivity contribution in [2.45, 2.75) is 67.9 Å². The normalized spacial score (nSPS) is 20.3. The molecule has 2 saturated heterocycles. The summed E-state index contributed by atoms with van der Waals surface area (Å²) in [5.74, 6) is -3.13. The van der Waals surface area contributed by atoms with Gasteiger partial charge in [-0.1, -0.05) is 6.07 Å². The molecule has 268 valence electrons. The van der Waals surface area contributed by atoms with Gasteiger partial charge in [0.25, 0.3) is 5.92 Å². The average molecular weight is 725 g/mol. The first-order valence-electron chi connectivity index (χ1n) is 15.8. The predicted molar refractivity (Wildman–Crippen MR) is 169 cm³/mol. The van der Waals surface area contributed by atoms with Crippen LogP contribution in [0.15, 0.2) is 23.1 Å². The van der Waals surface area contributed by atoms with Crippen LogP contribution in [0.25, 0.3) is 11.3 Å². The number of sulfonamides is 1. The van der Waals surface area contributed by atoms with Gasteiger partial charge in [-0.25, -0.2) is 21.9 Å². The van der Waals surface area contributed by atoms with E-state index in [4.69, 9.17) is 5.10 Å². The van der Waals surface area contributed by atoms with Gasteiger partial charge in [0.2, 0.25) is 15.9 Å². The molecule has 18 heteroatoms. The van der Waals surface area contributed by atoms with Crippen LogP contribution in [0.2, 0.25) is 0 Å². The van der Waals surface area contributed by atoms with E-state index in [9.17, 15) is 45.4 Å². The standard InChI is InChI=1S/C30H41F5N6O5S2/c1-48(45,46)37-21-4-8-38(9-5-21)15-22(43)16-41-25-6-10-40(27(44)18-42)17-23(25)28(36-41)20-2-3-24(30(33,34)35)26(14-20)47-13-12-39-11-7-29(31,32)19-39/h2-3,14,21-22,37,42-43H,4-13,15-19H2,1H3. The third kappa shape index (κ3) is 9.45. The SMILES string of the molecule is CS(=O)(=O)NC1CCN(CC(O)Cn2nc(-c3ccc(C(F)(F)F)c(SCCN4CCC(F)(F)C4)c3)c3c2CCN(C(=O)CO)C3)CC1. The largest absolute Gasteiger partial charge is 0.417 e. The van der Waals surface area contributed by atoms with E-state index in [0.29, 0.717) is 55.7 Å². The maximum Gasteiger partial charge on any atom is 0.417 e. The van der Waals surface area contributed by atoms with Crippen molar-refractivity contribution in [1.82, 2.24) is 29.2 Å². The molecule has 0 spiro atoms. The van der Waals surface area contributed by atoms with Crippen LogP contribution in [0.1, 0.15) is 36.1 Å². The molecule has 11 nitrogen and oxygen atoms in total. The second kappa shape index (κ2) is 14.9. The Balaban J connectivity index is 1.36. The van der Waals surface area contributed by atoms with E-state index in [-0.39, 0.29) is 55.8 Å². The van der Waals surface area contributed by atoms with Crippen molar-refractivity contribution in [3.63, 3.8) is 0 Å². The lowest BCUT2D eigenvalue weighted by molar-refractivity contribution is -0.139. The number of alkyl halides is 5. The van der Waals surface area contributed by atoms with Gasteiger partial charge in [0.05, 0.1) is 36.7 Å². The van der Waals surface area contributed by atoms with Crippen molar-refractivity contribution < 1.29 is 45.4 Å². The fraction of sp³-hybridized carbons (Fsp3) is 0.667. The highest BCUT2D eigenvalue weighted by atomic mass is 32.2. The number of piperidine rings is 1. The number of rotatable bonds is 12. The summed E-state index contributed by atoms with van der Waals surface area (Å²) in [6, 6.07) is 3.51. The van der Waals surface area contributed by atoms with E-state index in [0.717, 1.165) is 29.8 Å². The third-order valence-electron chi connectivity index (χ3n) is 8.92. The van der Waals surface area contributed by atoms with Crippen LogP contribution in [0.4, 0.5) is 22.0 Å². The highest BCUT2D eigenvalue weighted by molar-refractivity contribution is 7.99. The average Bonchev–Trinajstić information content (AvgIpc) is 3.54. The number of hydrogen-bond donors (Lipinski definition) is 3. The summed E-state index contributed by atoms with van der Waals surface area (Å²) in [7, 11) is -3.32. The number of likely N-dealkylation sites (tertiary alicyclic amines) is 2. The number of aliphatic hydroxyl groups is 2. The number of fused-ring (bicyclic) bond motifs is 1.